The van der Waals surface area contributed by atoms with Gasteiger partial charge in [0.2, 0.25) is 0 Å². The second-order valence-corrected chi connectivity index (χ2v) is 13.2. The van der Waals surface area contributed by atoms with E-state index in [-0.39, 0.29) is 0 Å². The fraction of sp³-hybridized carbons (Fsp3) is 0.0488. The molecular weight excluding hydrogens is 674 g/mol. The fourth-order valence-electron chi connectivity index (χ4n) is 5.72. The van der Waals surface area contributed by atoms with Gasteiger partial charge in [-0.2, -0.15) is 18.6 Å². The summed E-state index contributed by atoms with van der Waals surface area (Å²) in [6, 6.07) is 54.3. The van der Waals surface area contributed by atoms with Crippen LogP contribution in [0.5, 0.6) is 0 Å². The van der Waals surface area contributed by atoms with Crippen molar-refractivity contribution >= 4 is 55.1 Å². The van der Waals surface area contributed by atoms with Crippen LogP contribution in [0.4, 0.5) is 0 Å². The van der Waals surface area contributed by atoms with Crippen LogP contribution >= 0.6 is 17.6 Å². The zero-order chi connectivity index (χ0) is 31.6. The summed E-state index contributed by atoms with van der Waals surface area (Å²) in [6.07, 6.45) is 1.79. The second kappa shape index (κ2) is 16.0. The maximum absolute atomic E-state index is 4.57. The number of nitrogens with zero attached hydrogens (tertiary/aromatic N) is 1. The molecule has 1 nitrogen and oxygen atoms in total. The molecule has 0 aliphatic rings. The first-order chi connectivity index (χ1) is 22.1. The summed E-state index contributed by atoms with van der Waals surface area (Å²) in [5.41, 5.74) is 4.69. The Kier molecular flexibility index (Phi) is 11.6. The van der Waals surface area contributed by atoms with Gasteiger partial charge in [0.05, 0.1) is 13.2 Å². The molecule has 0 aliphatic heterocycles. The van der Waals surface area contributed by atoms with Gasteiger partial charge in [-0.15, -0.1) is 17.5 Å². The van der Waals surface area contributed by atoms with Crippen LogP contribution in [0, 0.1) is 13.8 Å². The van der Waals surface area contributed by atoms with E-state index in [0.29, 0.717) is 5.92 Å². The van der Waals surface area contributed by atoms with Gasteiger partial charge in [0.25, 0.3) is 0 Å². The van der Waals surface area contributed by atoms with Crippen LogP contribution in [0.3, 0.4) is 0 Å². The van der Waals surface area contributed by atoms with E-state index in [9.17, 15) is 0 Å². The van der Waals surface area contributed by atoms with Crippen molar-refractivity contribution in [1.29, 1.82) is 0 Å². The molecule has 0 N–H and O–H groups in total. The average molecular weight is 709 g/mol. The summed E-state index contributed by atoms with van der Waals surface area (Å²) in [5.74, 6) is 0.297. The van der Waals surface area contributed by atoms with Gasteiger partial charge in [-0.3, -0.25) is 4.98 Å². The van der Waals surface area contributed by atoms with E-state index < -0.39 is 7.92 Å². The zero-order valence-corrected chi connectivity index (χ0v) is 28.7. The van der Waals surface area contributed by atoms with E-state index in [4.69, 9.17) is 0 Å². The minimum absolute atomic E-state index is 0.297. The summed E-state index contributed by atoms with van der Waals surface area (Å²) in [6.45, 7) is 10.4. The minimum atomic E-state index is -1.26. The van der Waals surface area contributed by atoms with Crippen LogP contribution in [0.1, 0.15) is 24.1 Å². The third kappa shape index (κ3) is 7.54. The molecular formula is C41H35ClNPRu+. The molecule has 0 saturated heterocycles. The van der Waals surface area contributed by atoms with Gasteiger partial charge < -0.3 is 6.92 Å². The summed E-state index contributed by atoms with van der Waals surface area (Å²) >= 11 is 1.82. The Morgan fingerprint density at radius 1 is 0.578 bits per heavy atom. The number of hydrogen-bond acceptors (Lipinski definition) is 1. The van der Waals surface area contributed by atoms with E-state index in [0.717, 1.165) is 11.3 Å². The summed E-state index contributed by atoms with van der Waals surface area (Å²) < 4.78 is 0. The van der Waals surface area contributed by atoms with E-state index >= 15 is 0 Å². The molecule has 1 heterocycles. The molecule has 0 fully saturated rings. The molecule has 6 aromatic carbocycles. The Labute approximate surface area is 282 Å². The van der Waals surface area contributed by atoms with Crippen molar-refractivity contribution in [3.05, 3.63) is 183 Å². The third-order valence-corrected chi connectivity index (χ3v) is 10.6. The summed E-state index contributed by atoms with van der Waals surface area (Å²) in [5, 5.41) is 9.24. The molecule has 4 heteroatoms. The first-order valence-corrected chi connectivity index (χ1v) is 18.6. The number of fused-ring (bicyclic) bond motifs is 2. The fourth-order valence-corrected chi connectivity index (χ4v) is 8.48. The van der Waals surface area contributed by atoms with E-state index in [1.807, 2.05) is 42.4 Å². The number of benzene rings is 6. The van der Waals surface area contributed by atoms with Gasteiger partial charge in [-0.05, 0) is 64.2 Å². The summed E-state index contributed by atoms with van der Waals surface area (Å²) in [7, 11) is 3.31. The predicted molar refractivity (Wildman–Crippen MR) is 195 cm³/mol. The van der Waals surface area contributed by atoms with E-state index in [1.165, 1.54) is 48.6 Å². The molecule has 223 valence electrons. The number of hydrogen-bond donors (Lipinski definition) is 0. The van der Waals surface area contributed by atoms with E-state index in [1.54, 1.807) is 6.20 Å². The number of pyridine rings is 1. The number of rotatable bonds is 5. The van der Waals surface area contributed by atoms with Gasteiger partial charge in [-0.25, -0.2) is 0 Å². The molecule has 0 unspecified atom stereocenters. The maximum atomic E-state index is 4.57. The van der Waals surface area contributed by atoms with Crippen molar-refractivity contribution < 1.29 is 17.3 Å². The van der Waals surface area contributed by atoms with Gasteiger partial charge in [0.15, 0.2) is 0 Å². The number of aromatic nitrogens is 1. The molecule has 0 radical (unpaired) electrons. The Balaban J connectivity index is 0.000000312. The first-order valence-electron chi connectivity index (χ1n) is 14.8. The monoisotopic (exact) mass is 709 g/mol. The van der Waals surface area contributed by atoms with Gasteiger partial charge >= 0.3 is 27.0 Å². The van der Waals surface area contributed by atoms with Crippen LogP contribution in [-0.2, 0) is 17.3 Å². The SMILES string of the molecule is [CH2-][C@@H](C)c1ccccn1.[CH2-]c1ccc2ccccc2c1-c1c([PH+](c2ccccc2)c2ccccc2)ccc2ccccc12.[Cl][Ru+2]. The van der Waals surface area contributed by atoms with Gasteiger partial charge in [0, 0.05) is 11.9 Å². The van der Waals surface area contributed by atoms with Crippen LogP contribution in [0.15, 0.2) is 158 Å². The van der Waals surface area contributed by atoms with Crippen molar-refractivity contribution in [3.8, 4) is 11.1 Å². The molecule has 7 aromatic rings. The van der Waals surface area contributed by atoms with Crippen molar-refractivity contribution in [2.45, 2.75) is 12.8 Å². The molecule has 0 bridgehead atoms. The van der Waals surface area contributed by atoms with Crippen molar-refractivity contribution in [3.63, 3.8) is 0 Å². The standard InChI is InChI=1S/C33H24P.C8H10N.ClH.Ru/c1-24-20-21-25-12-8-10-18-29(25)32(24)33-30-19-11-9-13-26(30)22-23-31(33)34(27-14-4-2-5-15-27)28-16-6-3-7-17-28;1-7(2)8-5-3-4-6-9-8;;/h2-23H,1H2;3-7H,1H2,2H3;1H;/q2*-1;;+3/t;7-;;/m.0../s1. The van der Waals surface area contributed by atoms with Crippen LogP contribution < -0.4 is 15.9 Å². The molecule has 1 atom stereocenters. The molecule has 0 amide bonds. The van der Waals surface area contributed by atoms with E-state index in [2.05, 4.69) is 162 Å². The van der Waals surface area contributed by atoms with Crippen molar-refractivity contribution in [2.75, 3.05) is 0 Å². The Hall–Kier alpha value is -3.80. The Morgan fingerprint density at radius 2 is 1.07 bits per heavy atom. The first kappa shape index (κ1) is 32.6. The van der Waals surface area contributed by atoms with Crippen LogP contribution in [0.25, 0.3) is 32.7 Å². The normalized spacial score (nSPS) is 11.3. The molecule has 0 saturated carbocycles. The molecule has 1 aromatic heterocycles. The van der Waals surface area contributed by atoms with Crippen molar-refractivity contribution in [2.24, 2.45) is 0 Å². The van der Waals surface area contributed by atoms with Gasteiger partial charge in [-0.1, -0.05) is 109 Å². The second-order valence-electron chi connectivity index (χ2n) is 10.8. The summed E-state index contributed by atoms with van der Waals surface area (Å²) in [4.78, 5) is 4.12. The topological polar surface area (TPSA) is 12.9 Å². The zero-order valence-electron chi connectivity index (χ0n) is 25.2. The number of halogens is 1. The molecule has 0 spiro atoms. The van der Waals surface area contributed by atoms with Crippen LogP contribution in [-0.4, -0.2) is 4.98 Å². The van der Waals surface area contributed by atoms with Crippen LogP contribution in [0.2, 0.25) is 0 Å². The molecule has 45 heavy (non-hydrogen) atoms. The molecule has 0 aliphatic carbocycles. The third-order valence-electron chi connectivity index (χ3n) is 7.78. The van der Waals surface area contributed by atoms with Crippen molar-refractivity contribution in [1.82, 2.24) is 4.98 Å². The Bertz CT molecular complexity index is 1920. The predicted octanol–water partition coefficient (Wildman–Crippen LogP) is 10.0. The molecule has 7 rings (SSSR count). The van der Waals surface area contributed by atoms with Gasteiger partial charge in [0.1, 0.15) is 10.6 Å². The average Bonchev–Trinajstić information content (AvgIpc) is 3.11. The Morgan fingerprint density at radius 3 is 1.58 bits per heavy atom. The quantitative estimate of drug-likeness (QED) is 0.0986.